The molecule has 6 aliphatic rings. The molecule has 0 bridgehead atoms. The topological polar surface area (TPSA) is 306 Å². The molecule has 27 nitrogen and oxygen atoms in total. The van der Waals surface area contributed by atoms with Crippen LogP contribution in [0.3, 0.4) is 0 Å². The molecule has 0 saturated carbocycles. The van der Waals surface area contributed by atoms with E-state index in [1.165, 1.54) is 33.2 Å². The van der Waals surface area contributed by atoms with E-state index in [9.17, 15) is 27.6 Å². The van der Waals surface area contributed by atoms with E-state index in [1.807, 2.05) is 116 Å². The van der Waals surface area contributed by atoms with E-state index in [0.29, 0.717) is 114 Å². The van der Waals surface area contributed by atoms with Crippen LogP contribution in [0, 0.1) is 17.8 Å². The molecule has 3 N–H and O–H groups in total. The van der Waals surface area contributed by atoms with Gasteiger partial charge in [0.2, 0.25) is 27.7 Å². The van der Waals surface area contributed by atoms with Gasteiger partial charge >= 0.3 is 13.2 Å². The van der Waals surface area contributed by atoms with Crippen LogP contribution in [0.4, 0.5) is 16.4 Å². The quantitative estimate of drug-likeness (QED) is 0.0772. The summed E-state index contributed by atoms with van der Waals surface area (Å²) < 4.78 is 70.4. The Morgan fingerprint density at radius 3 is 1.48 bits per heavy atom. The molecule has 6 atom stereocenters. The highest BCUT2D eigenvalue weighted by atomic mass is 32.2. The molecule has 11 heterocycles. The van der Waals surface area contributed by atoms with Crippen LogP contribution in [0.2, 0.25) is 0 Å². The first-order valence-electron chi connectivity index (χ1n) is 33.5. The maximum atomic E-state index is 12.3. The molecular formula is C68H85BN14O13S4. The number of carbonyl (C=O) groups excluding carboxylic acids is 4. The summed E-state index contributed by atoms with van der Waals surface area (Å²) in [6, 6.07) is 11.8. The van der Waals surface area contributed by atoms with Crippen LogP contribution in [0.15, 0.2) is 71.5 Å². The van der Waals surface area contributed by atoms with Gasteiger partial charge in [-0.25, -0.2) is 43.1 Å². The van der Waals surface area contributed by atoms with Crippen molar-refractivity contribution >= 4 is 123 Å². The predicted molar refractivity (Wildman–Crippen MR) is 385 cm³/mol. The maximum Gasteiger partial charge on any atom is 0.495 e. The van der Waals surface area contributed by atoms with Crippen molar-refractivity contribution in [3.63, 3.8) is 0 Å². The number of benzene rings is 3. The largest absolute Gasteiger partial charge is 0.495 e. The lowest BCUT2D eigenvalue weighted by molar-refractivity contribution is -0.120. The highest BCUT2D eigenvalue weighted by molar-refractivity contribution is 7.88. The highest BCUT2D eigenvalue weighted by Gasteiger charge is 2.52. The van der Waals surface area contributed by atoms with Crippen LogP contribution in [-0.4, -0.2) is 204 Å². The number of anilines is 2. The van der Waals surface area contributed by atoms with Gasteiger partial charge in [-0.05, 0) is 111 Å². The van der Waals surface area contributed by atoms with Crippen molar-refractivity contribution in [1.29, 1.82) is 0 Å². The molecule has 6 fully saturated rings. The van der Waals surface area contributed by atoms with Crippen LogP contribution in [0.5, 0.6) is 23.1 Å². The van der Waals surface area contributed by atoms with Crippen molar-refractivity contribution < 1.29 is 60.6 Å². The number of nitrogens with zero attached hydrogens (tertiary/aromatic N) is 11. The van der Waals surface area contributed by atoms with E-state index in [4.69, 9.17) is 38.0 Å². The molecule has 6 saturated heterocycles. The summed E-state index contributed by atoms with van der Waals surface area (Å²) in [5.41, 5.74) is 10.5. The first-order valence-corrected chi connectivity index (χ1v) is 38.0. The van der Waals surface area contributed by atoms with Crippen LogP contribution in [0.1, 0.15) is 88.5 Å². The maximum absolute atomic E-state index is 12.3. The standard InChI is InChI=1S/C26H32N6O4S.C23H28N6O5S2.C19H25BN2O4S/c1-16(18-11-23(33)29-12-18)35-21-10-17(9-19-24(21)37-15-30-19)20-13-28-22(14-27-20)31-5-7-32(8-6-31)25(34)36-26(2,3)4;1-14(16-10-20(30)24-11-16)34-19-9-15(8-17-21(19)35-13-26-17)18-12-25-22(23(27-18)33-2)28-4-6-29(7-5-28)36(3,31)32;1-11(12-6-16(23)21-9-12)24-15-8-13(7-14-17(15)27-10-22-14)20-25-18(2,3)19(4,5)26-20/h9-10,13-16,18H,5-8,11-12H2,1-4H3,(H,29,33);8-9,12-14,16H,4-7,10-11H2,1-3H3,(H,24,30);7-8,10-12H,6,9H2,1-5H3,(H,21,23)/t16-,18-;14-,16-;11-,12-/m111/s1. The van der Waals surface area contributed by atoms with Crippen molar-refractivity contribution in [1.82, 2.24) is 60.0 Å². The number of aromatic nitrogens is 7. The summed E-state index contributed by atoms with van der Waals surface area (Å²) in [6.45, 7) is 25.9. The number of rotatable bonds is 16. The molecule has 4 amide bonds. The summed E-state index contributed by atoms with van der Waals surface area (Å²) in [5, 5.41) is 8.62. The molecular weight excluding hydrogens is 1360 g/mol. The van der Waals surface area contributed by atoms with Gasteiger partial charge in [-0.3, -0.25) is 19.4 Å². The zero-order valence-electron chi connectivity index (χ0n) is 58.2. The number of fused-ring (bicyclic) bond motifs is 3. The lowest BCUT2D eigenvalue weighted by atomic mass is 9.79. The third-order valence-electron chi connectivity index (χ3n) is 19.1. The van der Waals surface area contributed by atoms with E-state index < -0.39 is 33.9 Å². The van der Waals surface area contributed by atoms with Gasteiger partial charge in [0.15, 0.2) is 5.82 Å². The van der Waals surface area contributed by atoms with Gasteiger partial charge in [0.1, 0.15) is 47.0 Å². The Labute approximate surface area is 593 Å². The van der Waals surface area contributed by atoms with Gasteiger partial charge in [-0.15, -0.1) is 34.0 Å². The fraction of sp³-hybridized carbons (Fsp3) is 0.515. The van der Waals surface area contributed by atoms with Crippen LogP contribution in [-0.2, 0) is 38.5 Å². The van der Waals surface area contributed by atoms with E-state index in [0.717, 1.165) is 70.3 Å². The smallest absolute Gasteiger partial charge is 0.489 e. The monoisotopic (exact) mass is 1440 g/mol. The van der Waals surface area contributed by atoms with Gasteiger partial charge in [-0.2, -0.15) is 4.31 Å². The second kappa shape index (κ2) is 29.4. The fourth-order valence-electron chi connectivity index (χ4n) is 12.4. The summed E-state index contributed by atoms with van der Waals surface area (Å²) in [4.78, 5) is 85.1. The van der Waals surface area contributed by atoms with E-state index >= 15 is 0 Å². The summed E-state index contributed by atoms with van der Waals surface area (Å²) in [7, 11) is -2.14. The van der Waals surface area contributed by atoms with E-state index in [1.54, 1.807) is 53.0 Å². The SMILES string of the molecule is COc1nc(-c2cc(O[C@H](C)[C@H]3CNC(=O)C3)c3scnc3c2)cnc1N1CCN(S(C)(=O)=O)CC1.C[C@@H](Oc1cc(-c2cnc(N3CCN(C(=O)OC(C)(C)C)CC3)cn2)cc2ncsc12)[C@H]1CNC(=O)C1.C[C@@H](Oc1cc(B2OC(C)(C)C(C)(C)O2)cc2ncsc12)[C@H]1CNC(=O)C1. The van der Waals surface area contributed by atoms with Crippen molar-refractivity contribution in [2.24, 2.45) is 17.8 Å². The van der Waals surface area contributed by atoms with Crippen LogP contribution < -0.4 is 50.2 Å². The number of ether oxygens (including phenoxy) is 5. The molecule has 0 unspecified atom stereocenters. The zero-order chi connectivity index (χ0) is 71.0. The van der Waals surface area contributed by atoms with Gasteiger partial charge in [0, 0.05) is 120 Å². The highest BCUT2D eigenvalue weighted by Crippen LogP contribution is 2.41. The number of hydrogen-bond acceptors (Lipinski definition) is 25. The Morgan fingerprint density at radius 2 is 1.05 bits per heavy atom. The van der Waals surface area contributed by atoms with Crippen LogP contribution in [0.25, 0.3) is 53.2 Å². The fourth-order valence-corrected chi connectivity index (χ4v) is 15.5. The number of piperazine rings is 2. The molecule has 6 aliphatic heterocycles. The normalized spacial score (nSPS) is 21.0. The summed E-state index contributed by atoms with van der Waals surface area (Å²) in [6.07, 6.45) is 7.23. The molecule has 8 aromatic rings. The number of carbonyl (C=O) groups is 4. The van der Waals surface area contributed by atoms with Gasteiger partial charge in [0.05, 0.1) is 102 Å². The van der Waals surface area contributed by atoms with Crippen molar-refractivity contribution in [3.05, 3.63) is 71.5 Å². The Kier molecular flexibility index (Phi) is 21.1. The lowest BCUT2D eigenvalue weighted by Gasteiger charge is -2.36. The Bertz CT molecular complexity index is 4410. The third kappa shape index (κ3) is 16.4. The molecule has 0 aliphatic carbocycles. The molecule has 5 aromatic heterocycles. The second-order valence-corrected chi connectivity index (χ2v) is 32.4. The number of hydrogen-bond donors (Lipinski definition) is 3. The number of amides is 4. The van der Waals surface area contributed by atoms with Gasteiger partial charge in [0.25, 0.3) is 5.88 Å². The van der Waals surface area contributed by atoms with Gasteiger partial charge in [-0.1, -0.05) is 0 Å². The second-order valence-electron chi connectivity index (χ2n) is 27.9. The summed E-state index contributed by atoms with van der Waals surface area (Å²) in [5.74, 6) is 4.52. The molecule has 0 radical (unpaired) electrons. The number of methoxy groups -OCH3 is 1. The third-order valence-corrected chi connectivity index (χ3v) is 23.0. The minimum absolute atomic E-state index is 0.0485. The van der Waals surface area contributed by atoms with Crippen LogP contribution >= 0.6 is 34.0 Å². The average molecular weight is 1450 g/mol. The number of thiazole rings is 3. The van der Waals surface area contributed by atoms with Crippen molar-refractivity contribution in [3.8, 4) is 45.6 Å². The number of sulfonamides is 1. The molecule has 532 valence electrons. The average Bonchev–Trinajstić information content (AvgIpc) is 1.65. The Hall–Kier alpha value is -8.14. The minimum atomic E-state index is -3.22. The first-order chi connectivity index (χ1) is 47.5. The zero-order valence-corrected chi connectivity index (χ0v) is 61.5. The van der Waals surface area contributed by atoms with E-state index in [2.05, 4.69) is 50.8 Å². The Balaban J connectivity index is 0.000000144. The van der Waals surface area contributed by atoms with Gasteiger partial charge < -0.3 is 63.6 Å². The minimum Gasteiger partial charge on any atom is -0.489 e. The van der Waals surface area contributed by atoms with E-state index in [-0.39, 0.29) is 59.9 Å². The van der Waals surface area contributed by atoms with Crippen molar-refractivity contribution in [2.45, 2.75) is 124 Å². The summed E-state index contributed by atoms with van der Waals surface area (Å²) >= 11 is 4.58. The molecule has 100 heavy (non-hydrogen) atoms. The molecule has 3 aromatic carbocycles. The molecule has 0 spiro atoms. The number of nitrogens with one attached hydrogen (secondary N) is 3. The molecule has 32 heteroatoms. The molecule has 14 rings (SSSR count). The Morgan fingerprint density at radius 1 is 0.600 bits per heavy atom. The first kappa shape index (κ1) is 71.7. The lowest BCUT2D eigenvalue weighted by Crippen LogP contribution is -2.50. The van der Waals surface area contributed by atoms with Crippen molar-refractivity contribution in [2.75, 3.05) is 95.2 Å². The predicted octanol–water partition coefficient (Wildman–Crippen LogP) is 7.96.